The van der Waals surface area contributed by atoms with Gasteiger partial charge in [-0.25, -0.2) is 4.98 Å². The molecule has 3 aromatic heterocycles. The summed E-state index contributed by atoms with van der Waals surface area (Å²) in [5.74, 6) is 0.601. The van der Waals surface area contributed by atoms with Crippen LogP contribution in [0.2, 0.25) is 0 Å². The van der Waals surface area contributed by atoms with Crippen LogP contribution in [0.15, 0.2) is 167 Å². The highest BCUT2D eigenvalue weighted by Gasteiger charge is 2.21. The lowest BCUT2D eigenvalue weighted by Crippen LogP contribution is -2.11. The van der Waals surface area contributed by atoms with E-state index in [9.17, 15) is 0 Å². The summed E-state index contributed by atoms with van der Waals surface area (Å²) in [5, 5.41) is 4.60. The largest absolute Gasteiger partial charge is 0.456 e. The first-order valence-corrected chi connectivity index (χ1v) is 16.8. The van der Waals surface area contributed by atoms with Crippen molar-refractivity contribution in [2.45, 2.75) is 0 Å². The van der Waals surface area contributed by atoms with Crippen molar-refractivity contribution in [2.75, 3.05) is 4.90 Å². The van der Waals surface area contributed by atoms with Crippen LogP contribution in [0.4, 0.5) is 17.1 Å². The fourth-order valence-corrected chi connectivity index (χ4v) is 7.98. The fraction of sp³-hybridized carbons (Fsp3) is 0. The quantitative estimate of drug-likeness (QED) is 0.189. The van der Waals surface area contributed by atoms with Crippen molar-refractivity contribution in [3.05, 3.63) is 158 Å². The van der Waals surface area contributed by atoms with E-state index in [1.165, 1.54) is 25.7 Å². The average Bonchev–Trinajstić information content (AvgIpc) is 3.84. The summed E-state index contributed by atoms with van der Waals surface area (Å²) in [5.41, 5.74) is 9.60. The number of hydrogen-bond donors (Lipinski definition) is 0. The SMILES string of the molecule is c1ccc(-c2nc3cc4c(cc3o2)oc2ccc(N(c3ccc5c(c3)sc3ccccc35)c3ccccc3-c3ccccc3)cc24)cc1. The van der Waals surface area contributed by atoms with Crippen LogP contribution < -0.4 is 4.90 Å². The van der Waals surface area contributed by atoms with Crippen molar-refractivity contribution in [3.63, 3.8) is 0 Å². The number of nitrogens with zero attached hydrogens (tertiary/aromatic N) is 2. The maximum Gasteiger partial charge on any atom is 0.227 e. The van der Waals surface area contributed by atoms with Crippen LogP contribution in [0.25, 0.3) is 75.8 Å². The summed E-state index contributed by atoms with van der Waals surface area (Å²) >= 11 is 1.83. The Kier molecular flexibility index (Phi) is 6.01. The highest BCUT2D eigenvalue weighted by Crippen LogP contribution is 2.45. The molecule has 0 saturated heterocycles. The van der Waals surface area contributed by atoms with Crippen LogP contribution in [0.5, 0.6) is 0 Å². The Morgan fingerprint density at radius 2 is 1.15 bits per heavy atom. The van der Waals surface area contributed by atoms with Crippen molar-refractivity contribution < 1.29 is 8.83 Å². The van der Waals surface area contributed by atoms with Crippen LogP contribution in [-0.2, 0) is 0 Å². The van der Waals surface area contributed by atoms with Crippen molar-refractivity contribution in [3.8, 4) is 22.6 Å². The van der Waals surface area contributed by atoms with Crippen molar-refractivity contribution in [2.24, 2.45) is 0 Å². The predicted molar refractivity (Wildman–Crippen MR) is 200 cm³/mol. The first-order valence-electron chi connectivity index (χ1n) is 15.9. The van der Waals surface area contributed by atoms with Gasteiger partial charge in [0.05, 0.1) is 5.69 Å². The third-order valence-electron chi connectivity index (χ3n) is 9.09. The molecule has 0 aliphatic carbocycles. The van der Waals surface area contributed by atoms with Gasteiger partial charge in [0.15, 0.2) is 5.58 Å². The number of thiophene rings is 1. The number of benzene rings is 7. The lowest BCUT2D eigenvalue weighted by atomic mass is 10.0. The summed E-state index contributed by atoms with van der Waals surface area (Å²) in [6.45, 7) is 0. The second kappa shape index (κ2) is 10.7. The Morgan fingerprint density at radius 1 is 0.458 bits per heavy atom. The van der Waals surface area contributed by atoms with E-state index in [2.05, 4.69) is 126 Å². The van der Waals surface area contributed by atoms with Gasteiger partial charge in [-0.05, 0) is 66.2 Å². The van der Waals surface area contributed by atoms with Gasteiger partial charge in [-0.15, -0.1) is 11.3 Å². The zero-order chi connectivity index (χ0) is 31.6. The Hall–Kier alpha value is -6.17. The second-order valence-electron chi connectivity index (χ2n) is 12.0. The average molecular weight is 635 g/mol. The molecule has 0 aliphatic heterocycles. The highest BCUT2D eigenvalue weighted by atomic mass is 32.1. The molecular weight excluding hydrogens is 609 g/mol. The van der Waals surface area contributed by atoms with Gasteiger partial charge >= 0.3 is 0 Å². The molecule has 5 heteroatoms. The number of oxazole rings is 1. The number of para-hydroxylation sites is 1. The molecule has 0 radical (unpaired) electrons. The molecule has 0 bridgehead atoms. The third kappa shape index (κ3) is 4.33. The molecule has 0 amide bonds. The lowest BCUT2D eigenvalue weighted by Gasteiger charge is -2.28. The molecule has 0 aliphatic rings. The zero-order valence-corrected chi connectivity index (χ0v) is 26.4. The van der Waals surface area contributed by atoms with Gasteiger partial charge in [0.2, 0.25) is 5.89 Å². The Labute approximate surface area is 279 Å². The summed E-state index contributed by atoms with van der Waals surface area (Å²) in [4.78, 5) is 7.21. The van der Waals surface area contributed by atoms with E-state index in [1.807, 2.05) is 47.7 Å². The number of hydrogen-bond acceptors (Lipinski definition) is 5. The maximum atomic E-state index is 6.40. The third-order valence-corrected chi connectivity index (χ3v) is 10.2. The van der Waals surface area contributed by atoms with Crippen LogP contribution in [0, 0.1) is 0 Å². The molecule has 10 rings (SSSR count). The zero-order valence-electron chi connectivity index (χ0n) is 25.6. The molecule has 7 aromatic carbocycles. The molecule has 0 atom stereocenters. The van der Waals surface area contributed by atoms with E-state index in [0.29, 0.717) is 11.5 Å². The molecule has 0 unspecified atom stereocenters. The van der Waals surface area contributed by atoms with Gasteiger partial charge in [0, 0.05) is 59.5 Å². The number of furan rings is 1. The molecule has 226 valence electrons. The molecular formula is C43H26N2O2S. The van der Waals surface area contributed by atoms with E-state index >= 15 is 0 Å². The molecule has 0 spiro atoms. The second-order valence-corrected chi connectivity index (χ2v) is 13.1. The smallest absolute Gasteiger partial charge is 0.227 e. The molecule has 10 aromatic rings. The Bertz CT molecular complexity index is 2790. The van der Waals surface area contributed by atoms with Crippen LogP contribution in [0.1, 0.15) is 0 Å². The minimum absolute atomic E-state index is 0.601. The van der Waals surface area contributed by atoms with Crippen LogP contribution >= 0.6 is 11.3 Å². The number of rotatable bonds is 5. The number of anilines is 3. The van der Waals surface area contributed by atoms with Crippen LogP contribution in [-0.4, -0.2) is 4.98 Å². The molecule has 48 heavy (non-hydrogen) atoms. The minimum atomic E-state index is 0.601. The maximum absolute atomic E-state index is 6.40. The minimum Gasteiger partial charge on any atom is -0.456 e. The van der Waals surface area contributed by atoms with E-state index in [0.717, 1.165) is 55.6 Å². The molecule has 3 heterocycles. The van der Waals surface area contributed by atoms with Gasteiger partial charge in [0.25, 0.3) is 0 Å². The van der Waals surface area contributed by atoms with Gasteiger partial charge < -0.3 is 13.7 Å². The molecule has 0 N–H and O–H groups in total. The number of aromatic nitrogens is 1. The van der Waals surface area contributed by atoms with Gasteiger partial charge in [0.1, 0.15) is 16.7 Å². The lowest BCUT2D eigenvalue weighted by molar-refractivity contribution is 0.617. The normalized spacial score (nSPS) is 11.8. The van der Waals surface area contributed by atoms with E-state index in [1.54, 1.807) is 0 Å². The summed E-state index contributed by atoms with van der Waals surface area (Å²) in [6.07, 6.45) is 0. The van der Waals surface area contributed by atoms with Gasteiger partial charge in [-0.1, -0.05) is 91.0 Å². The summed E-state index contributed by atoms with van der Waals surface area (Å²) in [7, 11) is 0. The van der Waals surface area contributed by atoms with Gasteiger partial charge in [-0.3, -0.25) is 0 Å². The first kappa shape index (κ1) is 27.0. The molecule has 0 fully saturated rings. The van der Waals surface area contributed by atoms with Crippen molar-refractivity contribution >= 4 is 81.6 Å². The van der Waals surface area contributed by atoms with Gasteiger partial charge in [-0.2, -0.15) is 0 Å². The van der Waals surface area contributed by atoms with Crippen LogP contribution in [0.3, 0.4) is 0 Å². The van der Waals surface area contributed by atoms with E-state index in [-0.39, 0.29) is 0 Å². The number of fused-ring (bicyclic) bond motifs is 7. The fourth-order valence-electron chi connectivity index (χ4n) is 6.84. The predicted octanol–water partition coefficient (Wildman–Crippen LogP) is 12.9. The molecule has 4 nitrogen and oxygen atoms in total. The Balaban J connectivity index is 1.19. The van der Waals surface area contributed by atoms with Crippen molar-refractivity contribution in [1.82, 2.24) is 4.98 Å². The first-order chi connectivity index (χ1) is 23.8. The molecule has 0 saturated carbocycles. The topological polar surface area (TPSA) is 42.4 Å². The summed E-state index contributed by atoms with van der Waals surface area (Å²) < 4.78 is 15.1. The highest BCUT2D eigenvalue weighted by molar-refractivity contribution is 7.25. The Morgan fingerprint density at radius 3 is 2.02 bits per heavy atom. The standard InChI is InChI=1S/C43H26N2O2S/c1-3-11-27(12-4-1)31-15-7-9-17-37(31)45(30-19-21-33-32-16-8-10-18-41(32)48-42(33)24-30)29-20-22-38-34(23-29)35-25-36-40(26-39(35)46-38)47-43(44-36)28-13-5-2-6-14-28/h1-26H. The van der Waals surface area contributed by atoms with E-state index < -0.39 is 0 Å². The summed E-state index contributed by atoms with van der Waals surface area (Å²) in [6, 6.07) is 55.2. The van der Waals surface area contributed by atoms with E-state index in [4.69, 9.17) is 13.8 Å². The monoisotopic (exact) mass is 634 g/mol. The van der Waals surface area contributed by atoms with Crippen molar-refractivity contribution in [1.29, 1.82) is 0 Å².